The predicted molar refractivity (Wildman–Crippen MR) is 85.4 cm³/mol. The van der Waals surface area contributed by atoms with Crippen molar-refractivity contribution >= 4 is 11.9 Å². The van der Waals surface area contributed by atoms with E-state index < -0.39 is 12.0 Å². The van der Waals surface area contributed by atoms with Gasteiger partial charge in [-0.1, -0.05) is 62.4 Å². The van der Waals surface area contributed by atoms with Crippen molar-refractivity contribution in [2.24, 2.45) is 5.92 Å². The first kappa shape index (κ1) is 16.5. The largest absolute Gasteiger partial charge is 0.481 e. The lowest BCUT2D eigenvalue weighted by molar-refractivity contribution is -0.138. The summed E-state index contributed by atoms with van der Waals surface area (Å²) in [6, 6.07) is 8.91. The molecule has 2 rings (SSSR count). The Morgan fingerprint density at radius 1 is 1.05 bits per heavy atom. The van der Waals surface area contributed by atoms with Crippen LogP contribution in [0.2, 0.25) is 0 Å². The molecule has 1 fully saturated rings. The second-order valence-corrected chi connectivity index (χ2v) is 6.11. The Morgan fingerprint density at radius 2 is 1.64 bits per heavy atom. The molecule has 4 nitrogen and oxygen atoms in total. The van der Waals surface area contributed by atoms with Crippen molar-refractivity contribution in [3.8, 4) is 0 Å². The van der Waals surface area contributed by atoms with Crippen LogP contribution in [0.3, 0.4) is 0 Å². The molecular formula is C18H25NO3. The fourth-order valence-electron chi connectivity index (χ4n) is 3.12. The molecule has 1 aromatic carbocycles. The first-order valence-corrected chi connectivity index (χ1v) is 8.24. The van der Waals surface area contributed by atoms with Crippen molar-refractivity contribution in [2.45, 2.75) is 57.4 Å². The SMILES string of the molecule is O=C(O)CC(NC(=O)C1CCCCCCC1)c1ccccc1. The maximum absolute atomic E-state index is 12.5. The molecular weight excluding hydrogens is 278 g/mol. The van der Waals surface area contributed by atoms with E-state index in [2.05, 4.69) is 5.32 Å². The third kappa shape index (κ3) is 5.17. The highest BCUT2D eigenvalue weighted by Crippen LogP contribution is 2.24. The smallest absolute Gasteiger partial charge is 0.305 e. The number of carboxylic acid groups (broad SMARTS) is 1. The molecule has 1 aliphatic rings. The lowest BCUT2D eigenvalue weighted by Gasteiger charge is -2.23. The van der Waals surface area contributed by atoms with Crippen LogP contribution < -0.4 is 5.32 Å². The molecule has 0 aromatic heterocycles. The summed E-state index contributed by atoms with van der Waals surface area (Å²) < 4.78 is 0. The standard InChI is InChI=1S/C18H25NO3/c20-17(21)13-16(14-9-7-4-8-10-14)19-18(22)15-11-5-2-1-3-6-12-15/h4,7-10,15-16H,1-3,5-6,11-13H2,(H,19,22)(H,20,21). The molecule has 120 valence electrons. The normalized spacial score (nSPS) is 18.0. The number of carbonyl (C=O) groups is 2. The minimum absolute atomic E-state index is 0.0111. The Hall–Kier alpha value is -1.84. The van der Waals surface area contributed by atoms with Gasteiger partial charge < -0.3 is 10.4 Å². The summed E-state index contributed by atoms with van der Waals surface area (Å²) in [5, 5.41) is 12.1. The number of carbonyl (C=O) groups excluding carboxylic acids is 1. The molecule has 0 radical (unpaired) electrons. The molecule has 0 aliphatic heterocycles. The molecule has 1 amide bonds. The van der Waals surface area contributed by atoms with Crippen molar-refractivity contribution in [3.05, 3.63) is 35.9 Å². The summed E-state index contributed by atoms with van der Waals surface area (Å²) in [6.07, 6.45) is 7.59. The van der Waals surface area contributed by atoms with E-state index >= 15 is 0 Å². The van der Waals surface area contributed by atoms with Crippen LogP contribution in [0.25, 0.3) is 0 Å². The Morgan fingerprint density at radius 3 is 2.23 bits per heavy atom. The van der Waals surface area contributed by atoms with Gasteiger partial charge in [0.25, 0.3) is 0 Å². The van der Waals surface area contributed by atoms with Gasteiger partial charge in [0.15, 0.2) is 0 Å². The molecule has 4 heteroatoms. The Bertz CT molecular complexity index is 478. The zero-order valence-corrected chi connectivity index (χ0v) is 13.0. The molecule has 1 unspecified atom stereocenters. The van der Waals surface area contributed by atoms with E-state index in [4.69, 9.17) is 5.11 Å². The summed E-state index contributed by atoms with van der Waals surface area (Å²) in [6.45, 7) is 0. The van der Waals surface area contributed by atoms with Crippen LogP contribution in [0.1, 0.15) is 63.0 Å². The lowest BCUT2D eigenvalue weighted by Crippen LogP contribution is -2.35. The quantitative estimate of drug-likeness (QED) is 0.872. The number of rotatable bonds is 5. The predicted octanol–water partition coefficient (Wildman–Crippen LogP) is 3.68. The van der Waals surface area contributed by atoms with Gasteiger partial charge in [-0.3, -0.25) is 9.59 Å². The zero-order valence-electron chi connectivity index (χ0n) is 13.0. The molecule has 1 aliphatic carbocycles. The summed E-state index contributed by atoms with van der Waals surface area (Å²) in [5.41, 5.74) is 0.851. The topological polar surface area (TPSA) is 66.4 Å². The number of nitrogens with one attached hydrogen (secondary N) is 1. The average molecular weight is 303 g/mol. The molecule has 0 heterocycles. The molecule has 2 N–H and O–H groups in total. The number of amides is 1. The fraction of sp³-hybridized carbons (Fsp3) is 0.556. The monoisotopic (exact) mass is 303 g/mol. The number of hydrogen-bond donors (Lipinski definition) is 2. The minimum Gasteiger partial charge on any atom is -0.481 e. The Balaban J connectivity index is 2.02. The van der Waals surface area contributed by atoms with E-state index in [9.17, 15) is 9.59 Å². The summed E-state index contributed by atoms with van der Waals surface area (Å²) >= 11 is 0. The third-order valence-electron chi connectivity index (χ3n) is 4.37. The van der Waals surface area contributed by atoms with Crippen molar-refractivity contribution in [2.75, 3.05) is 0 Å². The molecule has 0 saturated heterocycles. The second kappa shape index (κ2) is 8.57. The molecule has 1 saturated carbocycles. The van der Waals surface area contributed by atoms with Crippen LogP contribution >= 0.6 is 0 Å². The van der Waals surface area contributed by atoms with E-state index in [1.165, 1.54) is 19.3 Å². The zero-order chi connectivity index (χ0) is 15.8. The summed E-state index contributed by atoms with van der Waals surface area (Å²) in [7, 11) is 0. The van der Waals surface area contributed by atoms with E-state index in [0.717, 1.165) is 31.2 Å². The van der Waals surface area contributed by atoms with E-state index in [1.807, 2.05) is 30.3 Å². The van der Waals surface area contributed by atoms with Gasteiger partial charge in [-0.2, -0.15) is 0 Å². The van der Waals surface area contributed by atoms with Gasteiger partial charge in [-0.05, 0) is 18.4 Å². The Kier molecular flexibility index (Phi) is 6.44. The van der Waals surface area contributed by atoms with Crippen LogP contribution in [-0.4, -0.2) is 17.0 Å². The van der Waals surface area contributed by atoms with Gasteiger partial charge in [0, 0.05) is 5.92 Å². The fourth-order valence-corrected chi connectivity index (χ4v) is 3.12. The maximum Gasteiger partial charge on any atom is 0.305 e. The summed E-state index contributed by atoms with van der Waals surface area (Å²) in [4.78, 5) is 23.6. The van der Waals surface area contributed by atoms with Gasteiger partial charge in [0.1, 0.15) is 0 Å². The second-order valence-electron chi connectivity index (χ2n) is 6.11. The highest BCUT2D eigenvalue weighted by molar-refractivity contribution is 5.80. The van der Waals surface area contributed by atoms with Crippen LogP contribution in [0.4, 0.5) is 0 Å². The summed E-state index contributed by atoms with van der Waals surface area (Å²) in [5.74, 6) is -0.857. The number of benzene rings is 1. The maximum atomic E-state index is 12.5. The Labute approximate surface area is 131 Å². The van der Waals surface area contributed by atoms with Crippen LogP contribution in [-0.2, 0) is 9.59 Å². The number of aliphatic carboxylic acids is 1. The van der Waals surface area contributed by atoms with Crippen LogP contribution in [0.5, 0.6) is 0 Å². The van der Waals surface area contributed by atoms with Crippen molar-refractivity contribution in [1.82, 2.24) is 5.32 Å². The molecule has 1 atom stereocenters. The molecule has 0 spiro atoms. The number of carboxylic acids is 1. The average Bonchev–Trinajstić information content (AvgIpc) is 2.46. The first-order valence-electron chi connectivity index (χ1n) is 8.24. The van der Waals surface area contributed by atoms with Gasteiger partial charge in [0.05, 0.1) is 12.5 Å². The van der Waals surface area contributed by atoms with Gasteiger partial charge >= 0.3 is 5.97 Å². The van der Waals surface area contributed by atoms with Crippen molar-refractivity contribution < 1.29 is 14.7 Å². The third-order valence-corrected chi connectivity index (χ3v) is 4.37. The van der Waals surface area contributed by atoms with Crippen molar-refractivity contribution in [1.29, 1.82) is 0 Å². The van der Waals surface area contributed by atoms with Crippen molar-refractivity contribution in [3.63, 3.8) is 0 Å². The highest BCUT2D eigenvalue weighted by atomic mass is 16.4. The molecule has 1 aromatic rings. The van der Waals surface area contributed by atoms with Gasteiger partial charge in [-0.15, -0.1) is 0 Å². The first-order chi connectivity index (χ1) is 10.7. The highest BCUT2D eigenvalue weighted by Gasteiger charge is 2.24. The minimum atomic E-state index is -0.896. The van der Waals surface area contributed by atoms with E-state index in [-0.39, 0.29) is 18.2 Å². The van der Waals surface area contributed by atoms with Gasteiger partial charge in [0.2, 0.25) is 5.91 Å². The van der Waals surface area contributed by atoms with Gasteiger partial charge in [-0.25, -0.2) is 0 Å². The van der Waals surface area contributed by atoms with Crippen LogP contribution in [0.15, 0.2) is 30.3 Å². The van der Waals surface area contributed by atoms with E-state index in [0.29, 0.717) is 0 Å². The molecule has 22 heavy (non-hydrogen) atoms. The number of hydrogen-bond acceptors (Lipinski definition) is 2. The molecule has 0 bridgehead atoms. The lowest BCUT2D eigenvalue weighted by atomic mass is 9.90. The van der Waals surface area contributed by atoms with E-state index in [1.54, 1.807) is 0 Å². The van der Waals surface area contributed by atoms with Crippen LogP contribution in [0, 0.1) is 5.92 Å².